The number of aromatic amines is 1. The first kappa shape index (κ1) is 16.5. The van der Waals surface area contributed by atoms with Crippen molar-refractivity contribution in [3.63, 3.8) is 0 Å². The van der Waals surface area contributed by atoms with Crippen LogP contribution in [0.25, 0.3) is 0 Å². The van der Waals surface area contributed by atoms with Gasteiger partial charge in [-0.2, -0.15) is 4.31 Å². The van der Waals surface area contributed by atoms with Crippen molar-refractivity contribution in [3.05, 3.63) is 18.2 Å². The van der Waals surface area contributed by atoms with Gasteiger partial charge in [0.2, 0.25) is 10.0 Å². The van der Waals surface area contributed by atoms with Crippen LogP contribution in [0.5, 0.6) is 0 Å². The molecule has 1 aromatic heterocycles. The predicted molar refractivity (Wildman–Crippen MR) is 83.4 cm³/mol. The molecule has 0 amide bonds. The summed E-state index contributed by atoms with van der Waals surface area (Å²) in [6.45, 7) is 8.69. The lowest BCUT2D eigenvalue weighted by atomic mass is 10.2. The maximum atomic E-state index is 12.7. The van der Waals surface area contributed by atoms with Crippen LogP contribution < -0.4 is 0 Å². The van der Waals surface area contributed by atoms with Gasteiger partial charge in [0.05, 0.1) is 11.3 Å². The Kier molecular flexibility index (Phi) is 5.40. The summed E-state index contributed by atoms with van der Waals surface area (Å²) in [5, 5.41) is -0.275. The van der Waals surface area contributed by atoms with E-state index >= 15 is 0 Å². The zero-order chi connectivity index (χ0) is 15.5. The van der Waals surface area contributed by atoms with Gasteiger partial charge in [-0.25, -0.2) is 13.4 Å². The van der Waals surface area contributed by atoms with E-state index in [-0.39, 0.29) is 11.3 Å². The molecule has 1 atom stereocenters. The molecule has 6 nitrogen and oxygen atoms in total. The van der Waals surface area contributed by atoms with Gasteiger partial charge >= 0.3 is 0 Å². The summed E-state index contributed by atoms with van der Waals surface area (Å²) in [4.78, 5) is 9.72. The maximum absolute atomic E-state index is 12.7. The van der Waals surface area contributed by atoms with Crippen molar-refractivity contribution in [3.8, 4) is 0 Å². The van der Waals surface area contributed by atoms with Crippen molar-refractivity contribution in [2.45, 2.75) is 44.9 Å². The van der Waals surface area contributed by atoms with Gasteiger partial charge in [0.1, 0.15) is 5.82 Å². The third-order valence-electron chi connectivity index (χ3n) is 4.39. The van der Waals surface area contributed by atoms with Crippen LogP contribution in [-0.2, 0) is 10.0 Å². The zero-order valence-electron chi connectivity index (χ0n) is 13.1. The van der Waals surface area contributed by atoms with Crippen LogP contribution >= 0.6 is 0 Å². The van der Waals surface area contributed by atoms with Gasteiger partial charge in [-0.1, -0.05) is 20.8 Å². The molecule has 0 unspecified atom stereocenters. The van der Waals surface area contributed by atoms with Crippen molar-refractivity contribution in [1.29, 1.82) is 0 Å². The minimum Gasteiger partial charge on any atom is -0.347 e. The summed E-state index contributed by atoms with van der Waals surface area (Å²) >= 11 is 0. The number of hydrogen-bond donors (Lipinski definition) is 1. The molecule has 0 spiro atoms. The highest BCUT2D eigenvalue weighted by molar-refractivity contribution is 7.89. The highest BCUT2D eigenvalue weighted by Crippen LogP contribution is 2.26. The number of rotatable bonds is 6. The number of imidazole rings is 1. The van der Waals surface area contributed by atoms with Gasteiger partial charge in [-0.3, -0.25) is 4.90 Å². The molecule has 0 radical (unpaired) electrons. The number of H-pyrrole nitrogens is 1. The van der Waals surface area contributed by atoms with E-state index in [1.165, 1.54) is 0 Å². The van der Waals surface area contributed by atoms with Gasteiger partial charge in [0.15, 0.2) is 0 Å². The van der Waals surface area contributed by atoms with E-state index < -0.39 is 10.0 Å². The predicted octanol–water partition coefficient (Wildman–Crippen LogP) is 1.61. The Hall–Kier alpha value is -0.920. The second-order valence-electron chi connectivity index (χ2n) is 5.46. The average molecular weight is 314 g/mol. The van der Waals surface area contributed by atoms with E-state index in [9.17, 15) is 8.42 Å². The molecule has 21 heavy (non-hydrogen) atoms. The van der Waals surface area contributed by atoms with Crippen LogP contribution in [-0.4, -0.2) is 59.0 Å². The molecule has 0 aliphatic carbocycles. The van der Waals surface area contributed by atoms with Crippen molar-refractivity contribution in [2.75, 3.05) is 26.2 Å². The number of nitrogens with one attached hydrogen (secondary N) is 1. The summed E-state index contributed by atoms with van der Waals surface area (Å²) in [5.74, 6) is 0.848. The van der Waals surface area contributed by atoms with E-state index in [0.717, 1.165) is 18.9 Å². The first-order valence-electron chi connectivity index (χ1n) is 7.76. The Bertz CT molecular complexity index is 525. The third kappa shape index (κ3) is 3.30. The molecule has 0 aromatic carbocycles. The number of likely N-dealkylation sites (N-methyl/N-ethyl adjacent to an activating group) is 1. The quantitative estimate of drug-likeness (QED) is 0.866. The van der Waals surface area contributed by atoms with Crippen molar-refractivity contribution in [1.82, 2.24) is 19.2 Å². The Morgan fingerprint density at radius 3 is 2.57 bits per heavy atom. The Balaban J connectivity index is 2.21. The number of aromatic nitrogens is 2. The molecular weight excluding hydrogens is 288 g/mol. The molecule has 2 rings (SSSR count). The van der Waals surface area contributed by atoms with Gasteiger partial charge in [-0.15, -0.1) is 0 Å². The molecule has 1 aliphatic rings. The van der Waals surface area contributed by atoms with Crippen LogP contribution in [0.15, 0.2) is 12.4 Å². The average Bonchev–Trinajstić information content (AvgIpc) is 3.01. The summed E-state index contributed by atoms with van der Waals surface area (Å²) in [6.07, 6.45) is 4.84. The molecule has 120 valence electrons. The van der Waals surface area contributed by atoms with Crippen LogP contribution in [0.2, 0.25) is 0 Å². The van der Waals surface area contributed by atoms with Crippen LogP contribution in [0, 0.1) is 0 Å². The fraction of sp³-hybridized carbons (Fsp3) is 0.786. The molecule has 1 N–H and O–H groups in total. The number of nitrogens with zero attached hydrogens (tertiary/aromatic N) is 3. The first-order chi connectivity index (χ1) is 10.0. The van der Waals surface area contributed by atoms with E-state index in [1.807, 2.05) is 13.8 Å². The van der Waals surface area contributed by atoms with E-state index in [4.69, 9.17) is 0 Å². The lowest BCUT2D eigenvalue weighted by molar-refractivity contribution is 0.118. The zero-order valence-corrected chi connectivity index (χ0v) is 13.9. The lowest BCUT2D eigenvalue weighted by Gasteiger charge is -2.40. The molecule has 1 aliphatic heterocycles. The molecule has 2 heterocycles. The summed E-state index contributed by atoms with van der Waals surface area (Å²) < 4.78 is 27.1. The van der Waals surface area contributed by atoms with Gasteiger partial charge in [0, 0.05) is 32.0 Å². The topological polar surface area (TPSA) is 69.3 Å². The van der Waals surface area contributed by atoms with Crippen molar-refractivity contribution in [2.24, 2.45) is 0 Å². The molecule has 0 saturated carbocycles. The van der Waals surface area contributed by atoms with Gasteiger partial charge in [-0.05, 0) is 19.4 Å². The Morgan fingerprint density at radius 1 is 1.33 bits per heavy atom. The fourth-order valence-corrected chi connectivity index (χ4v) is 4.99. The normalized spacial score (nSPS) is 22.0. The van der Waals surface area contributed by atoms with Gasteiger partial charge in [0.25, 0.3) is 0 Å². The molecule has 1 fully saturated rings. The summed E-state index contributed by atoms with van der Waals surface area (Å²) in [7, 11) is -3.21. The molecule has 7 heteroatoms. The molecule has 1 saturated heterocycles. The number of hydrogen-bond acceptors (Lipinski definition) is 4. The number of piperazine rings is 1. The first-order valence-corrected chi connectivity index (χ1v) is 9.27. The van der Waals surface area contributed by atoms with Gasteiger partial charge < -0.3 is 4.98 Å². The highest BCUT2D eigenvalue weighted by atomic mass is 32.2. The standard InChI is InChI=1S/C14H26N4O2S/c1-4-12(5-2)21(19,20)18-10-9-17(6-3)13(11-18)14-15-7-8-16-14/h7-8,12-13H,4-6,9-11H2,1-3H3,(H,15,16)/t13-/m0/s1. The van der Waals surface area contributed by atoms with Crippen molar-refractivity contribution >= 4 is 10.0 Å². The van der Waals surface area contributed by atoms with E-state index in [0.29, 0.717) is 25.9 Å². The van der Waals surface area contributed by atoms with Crippen LogP contribution in [0.3, 0.4) is 0 Å². The van der Waals surface area contributed by atoms with Crippen LogP contribution in [0.1, 0.15) is 45.5 Å². The molecule has 0 bridgehead atoms. The minimum absolute atomic E-state index is 0.0166. The second kappa shape index (κ2) is 6.89. The molecule has 1 aromatic rings. The van der Waals surface area contributed by atoms with E-state index in [1.54, 1.807) is 16.7 Å². The highest BCUT2D eigenvalue weighted by Gasteiger charge is 2.37. The smallest absolute Gasteiger partial charge is 0.217 e. The lowest BCUT2D eigenvalue weighted by Crippen LogP contribution is -2.52. The Labute approximate surface area is 127 Å². The maximum Gasteiger partial charge on any atom is 0.217 e. The fourth-order valence-electron chi connectivity index (χ4n) is 3.04. The third-order valence-corrected chi connectivity index (χ3v) is 6.95. The number of sulfonamides is 1. The summed E-state index contributed by atoms with van der Waals surface area (Å²) in [5.41, 5.74) is 0. The monoisotopic (exact) mass is 314 g/mol. The summed E-state index contributed by atoms with van der Waals surface area (Å²) in [6, 6.07) is 0.0166. The van der Waals surface area contributed by atoms with Crippen LogP contribution in [0.4, 0.5) is 0 Å². The minimum atomic E-state index is -3.21. The van der Waals surface area contributed by atoms with Crippen molar-refractivity contribution < 1.29 is 8.42 Å². The Morgan fingerprint density at radius 2 is 2.05 bits per heavy atom. The largest absolute Gasteiger partial charge is 0.347 e. The SMILES string of the molecule is CCC(CC)S(=O)(=O)N1CCN(CC)[C@H](c2ncc[nH]2)C1. The molecular formula is C14H26N4O2S. The van der Waals surface area contributed by atoms with E-state index in [2.05, 4.69) is 21.8 Å². The second-order valence-corrected chi connectivity index (χ2v) is 7.67.